The molecule has 0 atom stereocenters. The molecule has 1 saturated carbocycles. The van der Waals surface area contributed by atoms with E-state index in [0.29, 0.717) is 11.5 Å². The third-order valence-corrected chi connectivity index (χ3v) is 3.65. The molecule has 1 aromatic rings. The van der Waals surface area contributed by atoms with Gasteiger partial charge < -0.3 is 4.74 Å². The molecule has 0 N–H and O–H groups in total. The zero-order chi connectivity index (χ0) is 11.8. The van der Waals surface area contributed by atoms with Gasteiger partial charge in [-0.25, -0.2) is 0 Å². The predicted octanol–water partition coefficient (Wildman–Crippen LogP) is 4.54. The molecule has 0 unspecified atom stereocenters. The molecule has 0 aromatic heterocycles. The molecule has 1 fully saturated rings. The van der Waals surface area contributed by atoms with Crippen LogP contribution < -0.4 is 4.74 Å². The molecule has 2 heteroatoms. The first-order valence-corrected chi connectivity index (χ1v) is 6.25. The van der Waals surface area contributed by atoms with E-state index < -0.39 is 0 Å². The summed E-state index contributed by atoms with van der Waals surface area (Å²) in [6.07, 6.45) is 2.70. The molecule has 0 aliphatic heterocycles. The van der Waals surface area contributed by atoms with E-state index in [1.54, 1.807) is 0 Å². The van der Waals surface area contributed by atoms with Gasteiger partial charge in [0.1, 0.15) is 5.75 Å². The molecule has 0 radical (unpaired) electrons. The first-order valence-electron chi connectivity index (χ1n) is 5.87. The van der Waals surface area contributed by atoms with Crippen molar-refractivity contribution in [3.8, 4) is 5.75 Å². The van der Waals surface area contributed by atoms with Crippen LogP contribution in [0.4, 0.5) is 0 Å². The zero-order valence-corrected chi connectivity index (χ0v) is 10.9. The number of halogens is 1. The highest BCUT2D eigenvalue weighted by Gasteiger charge is 2.38. The highest BCUT2D eigenvalue weighted by atomic mass is 35.5. The quantitative estimate of drug-likeness (QED) is 0.735. The lowest BCUT2D eigenvalue weighted by atomic mass is 9.67. The Kier molecular flexibility index (Phi) is 3.16. The lowest BCUT2D eigenvalue weighted by Crippen LogP contribution is -2.40. The molecule has 0 heterocycles. The van der Waals surface area contributed by atoms with Gasteiger partial charge in [-0.3, -0.25) is 0 Å². The van der Waals surface area contributed by atoms with Crippen molar-refractivity contribution in [3.05, 3.63) is 29.3 Å². The van der Waals surface area contributed by atoms with E-state index >= 15 is 0 Å². The Morgan fingerprint density at radius 2 is 1.94 bits per heavy atom. The summed E-state index contributed by atoms with van der Waals surface area (Å²) in [4.78, 5) is 0. The van der Waals surface area contributed by atoms with E-state index in [1.165, 1.54) is 0 Å². The van der Waals surface area contributed by atoms with Crippen molar-refractivity contribution < 1.29 is 4.74 Å². The van der Waals surface area contributed by atoms with Crippen LogP contribution in [-0.2, 0) is 0 Å². The van der Waals surface area contributed by atoms with Gasteiger partial charge in [-0.1, -0.05) is 38.4 Å². The van der Waals surface area contributed by atoms with Gasteiger partial charge in [0.2, 0.25) is 0 Å². The van der Waals surface area contributed by atoms with Gasteiger partial charge in [0, 0.05) is 5.02 Å². The largest absolute Gasteiger partial charge is 0.490 e. The zero-order valence-electron chi connectivity index (χ0n) is 10.2. The van der Waals surface area contributed by atoms with Crippen LogP contribution in [-0.4, -0.2) is 6.10 Å². The van der Waals surface area contributed by atoms with Crippen molar-refractivity contribution in [1.29, 1.82) is 0 Å². The molecule has 1 aliphatic carbocycles. The van der Waals surface area contributed by atoms with Crippen molar-refractivity contribution in [2.24, 2.45) is 11.3 Å². The van der Waals surface area contributed by atoms with Gasteiger partial charge in [0.05, 0.1) is 6.10 Å². The highest BCUT2D eigenvalue weighted by molar-refractivity contribution is 6.30. The third-order valence-electron chi connectivity index (χ3n) is 3.42. The van der Waals surface area contributed by atoms with Crippen molar-refractivity contribution in [1.82, 2.24) is 0 Å². The van der Waals surface area contributed by atoms with Crippen LogP contribution in [0.25, 0.3) is 0 Å². The van der Waals surface area contributed by atoms with Gasteiger partial charge in [0.15, 0.2) is 0 Å². The minimum Gasteiger partial charge on any atom is -0.490 e. The molecule has 1 aromatic carbocycles. The Balaban J connectivity index is 1.86. The molecule has 0 bridgehead atoms. The van der Waals surface area contributed by atoms with Gasteiger partial charge in [-0.15, -0.1) is 0 Å². The van der Waals surface area contributed by atoms with Crippen LogP contribution in [0.15, 0.2) is 24.3 Å². The Hall–Kier alpha value is -0.690. The van der Waals surface area contributed by atoms with Crippen LogP contribution in [0.2, 0.25) is 5.02 Å². The summed E-state index contributed by atoms with van der Waals surface area (Å²) in [5.41, 5.74) is 0.411. The molecule has 88 valence electrons. The second-order valence-electron chi connectivity index (χ2n) is 5.73. The van der Waals surface area contributed by atoms with Gasteiger partial charge in [0.25, 0.3) is 0 Å². The molecular weight excluding hydrogens is 220 g/mol. The lowest BCUT2D eigenvalue weighted by molar-refractivity contribution is 0.00733. The maximum absolute atomic E-state index is 5.91. The topological polar surface area (TPSA) is 9.23 Å². The Morgan fingerprint density at radius 1 is 1.25 bits per heavy atom. The summed E-state index contributed by atoms with van der Waals surface area (Å²) in [6, 6.07) is 7.65. The van der Waals surface area contributed by atoms with Gasteiger partial charge in [-0.05, 0) is 42.4 Å². The van der Waals surface area contributed by atoms with Crippen LogP contribution in [0.5, 0.6) is 5.75 Å². The minimum absolute atomic E-state index is 0.377. The first kappa shape index (κ1) is 11.8. The van der Waals surface area contributed by atoms with Gasteiger partial charge >= 0.3 is 0 Å². The summed E-state index contributed by atoms with van der Waals surface area (Å²) in [7, 11) is 0. The van der Waals surface area contributed by atoms with Crippen molar-refractivity contribution in [2.75, 3.05) is 0 Å². The number of benzene rings is 1. The Labute approximate surface area is 103 Å². The monoisotopic (exact) mass is 238 g/mol. The number of hydrogen-bond donors (Lipinski definition) is 0. The number of rotatable bonds is 2. The van der Waals surface area contributed by atoms with Crippen molar-refractivity contribution in [3.63, 3.8) is 0 Å². The fourth-order valence-electron chi connectivity index (χ4n) is 2.10. The molecule has 0 amide bonds. The van der Waals surface area contributed by atoms with E-state index in [1.807, 2.05) is 24.3 Å². The average Bonchev–Trinajstić information content (AvgIpc) is 2.08. The molecule has 1 nitrogen and oxygen atoms in total. The second-order valence-corrected chi connectivity index (χ2v) is 6.17. The van der Waals surface area contributed by atoms with Crippen LogP contribution in [0, 0.1) is 11.3 Å². The second kappa shape index (κ2) is 4.29. The van der Waals surface area contributed by atoms with E-state index in [9.17, 15) is 0 Å². The number of hydrogen-bond acceptors (Lipinski definition) is 1. The van der Waals surface area contributed by atoms with E-state index in [-0.39, 0.29) is 0 Å². The fraction of sp³-hybridized carbons (Fsp3) is 0.571. The molecule has 16 heavy (non-hydrogen) atoms. The Bertz CT molecular complexity index is 361. The van der Waals surface area contributed by atoms with Crippen molar-refractivity contribution >= 4 is 11.6 Å². The average molecular weight is 239 g/mol. The smallest absolute Gasteiger partial charge is 0.121 e. The molecule has 0 spiro atoms. The summed E-state index contributed by atoms with van der Waals surface area (Å²) >= 11 is 5.91. The maximum atomic E-state index is 5.91. The third kappa shape index (κ3) is 2.70. The van der Waals surface area contributed by atoms with Gasteiger partial charge in [-0.2, -0.15) is 0 Å². The van der Waals surface area contributed by atoms with Crippen LogP contribution >= 0.6 is 11.6 Å². The van der Waals surface area contributed by atoms with Crippen LogP contribution in [0.3, 0.4) is 0 Å². The summed E-state index contributed by atoms with van der Waals surface area (Å²) in [5.74, 6) is 1.68. The predicted molar refractivity (Wildman–Crippen MR) is 68.0 cm³/mol. The molecule has 2 rings (SSSR count). The van der Waals surface area contributed by atoms with Crippen molar-refractivity contribution in [2.45, 2.75) is 39.7 Å². The standard InChI is InChI=1S/C14H19ClO/c1-14(2,3)10-7-13(8-10)16-12-6-4-5-11(15)9-12/h4-6,9-10,13H,7-8H2,1-3H3. The lowest BCUT2D eigenvalue weighted by Gasteiger charge is -2.43. The van der Waals surface area contributed by atoms with E-state index in [2.05, 4.69) is 20.8 Å². The Morgan fingerprint density at radius 3 is 2.50 bits per heavy atom. The molecule has 0 saturated heterocycles. The highest BCUT2D eigenvalue weighted by Crippen LogP contribution is 2.43. The molecule has 1 aliphatic rings. The SMILES string of the molecule is CC(C)(C)C1CC(Oc2cccc(Cl)c2)C1. The first-order chi connectivity index (χ1) is 7.45. The summed E-state index contributed by atoms with van der Waals surface area (Å²) < 4.78 is 5.87. The summed E-state index contributed by atoms with van der Waals surface area (Å²) in [6.45, 7) is 6.90. The van der Waals surface area contributed by atoms with Crippen LogP contribution in [0.1, 0.15) is 33.6 Å². The van der Waals surface area contributed by atoms with E-state index in [4.69, 9.17) is 16.3 Å². The minimum atomic E-state index is 0.377. The maximum Gasteiger partial charge on any atom is 0.121 e. The number of ether oxygens (including phenoxy) is 1. The normalized spacial score (nSPS) is 25.0. The molecular formula is C14H19ClO. The fourth-order valence-corrected chi connectivity index (χ4v) is 2.28. The summed E-state index contributed by atoms with van der Waals surface area (Å²) in [5, 5.41) is 0.740. The van der Waals surface area contributed by atoms with E-state index in [0.717, 1.165) is 29.5 Å².